The molecule has 1 heterocycles. The highest BCUT2D eigenvalue weighted by molar-refractivity contribution is 5.83. The number of para-hydroxylation sites is 2. The maximum absolute atomic E-state index is 12.5. The van der Waals surface area contributed by atoms with Crippen LogP contribution >= 0.6 is 0 Å². The van der Waals surface area contributed by atoms with Crippen LogP contribution in [0.5, 0.6) is 11.5 Å². The largest absolute Gasteiger partial charge is 0.496 e. The van der Waals surface area contributed by atoms with E-state index >= 15 is 0 Å². The molecule has 0 bridgehead atoms. The molecular formula is C17H14O4. The van der Waals surface area contributed by atoms with Crippen molar-refractivity contribution in [1.82, 2.24) is 0 Å². The van der Waals surface area contributed by atoms with Gasteiger partial charge < -0.3 is 13.9 Å². The molecule has 4 heteroatoms. The van der Waals surface area contributed by atoms with E-state index < -0.39 is 0 Å². The van der Waals surface area contributed by atoms with E-state index in [1.807, 2.05) is 30.3 Å². The minimum Gasteiger partial charge on any atom is -0.496 e. The molecule has 3 aromatic rings. The predicted octanol–water partition coefficient (Wildman–Crippen LogP) is 3.48. The van der Waals surface area contributed by atoms with Gasteiger partial charge >= 0.3 is 0 Å². The topological polar surface area (TPSA) is 48.7 Å². The lowest BCUT2D eigenvalue weighted by molar-refractivity contribution is 0.394. The molecule has 21 heavy (non-hydrogen) atoms. The van der Waals surface area contributed by atoms with Crippen LogP contribution in [0.1, 0.15) is 0 Å². The zero-order valence-corrected chi connectivity index (χ0v) is 11.8. The average Bonchev–Trinajstić information content (AvgIpc) is 2.54. The Kier molecular flexibility index (Phi) is 3.36. The lowest BCUT2D eigenvalue weighted by Crippen LogP contribution is -2.07. The van der Waals surface area contributed by atoms with Crippen molar-refractivity contribution in [1.29, 1.82) is 0 Å². The molecule has 106 valence electrons. The van der Waals surface area contributed by atoms with Gasteiger partial charge in [-0.15, -0.1) is 0 Å². The van der Waals surface area contributed by atoms with Crippen LogP contribution in [0, 0.1) is 0 Å². The monoisotopic (exact) mass is 282 g/mol. The summed E-state index contributed by atoms with van der Waals surface area (Å²) >= 11 is 0. The molecule has 3 rings (SSSR count). The number of fused-ring (bicyclic) bond motifs is 1. The Morgan fingerprint density at radius 3 is 2.38 bits per heavy atom. The number of benzene rings is 2. The number of hydrogen-bond donors (Lipinski definition) is 0. The van der Waals surface area contributed by atoms with Gasteiger partial charge in [-0.1, -0.05) is 24.3 Å². The molecule has 2 aromatic carbocycles. The van der Waals surface area contributed by atoms with E-state index in [9.17, 15) is 4.79 Å². The van der Waals surface area contributed by atoms with E-state index in [1.165, 1.54) is 7.11 Å². The fourth-order valence-corrected chi connectivity index (χ4v) is 2.32. The summed E-state index contributed by atoms with van der Waals surface area (Å²) in [5.74, 6) is 1.17. The third-order valence-corrected chi connectivity index (χ3v) is 3.31. The van der Waals surface area contributed by atoms with Crippen LogP contribution in [0.4, 0.5) is 0 Å². The highest BCUT2D eigenvalue weighted by atomic mass is 16.5. The summed E-state index contributed by atoms with van der Waals surface area (Å²) in [7, 11) is 3.03. The van der Waals surface area contributed by atoms with Crippen molar-refractivity contribution in [3.05, 3.63) is 58.8 Å². The Bertz CT molecular complexity index is 849. The summed E-state index contributed by atoms with van der Waals surface area (Å²) in [5, 5.41) is 0.494. The van der Waals surface area contributed by atoms with Crippen molar-refractivity contribution in [2.45, 2.75) is 0 Å². The second-order valence-corrected chi connectivity index (χ2v) is 4.49. The summed E-state index contributed by atoms with van der Waals surface area (Å²) in [6.45, 7) is 0. The quantitative estimate of drug-likeness (QED) is 0.738. The molecular weight excluding hydrogens is 268 g/mol. The Balaban J connectivity index is 2.39. The Morgan fingerprint density at radius 1 is 0.905 bits per heavy atom. The Morgan fingerprint density at radius 2 is 1.62 bits per heavy atom. The molecule has 0 saturated carbocycles. The molecule has 4 nitrogen and oxygen atoms in total. The van der Waals surface area contributed by atoms with Gasteiger partial charge in [-0.3, -0.25) is 4.79 Å². The molecule has 0 saturated heterocycles. The van der Waals surface area contributed by atoms with Crippen LogP contribution < -0.4 is 14.9 Å². The number of ether oxygens (including phenoxy) is 2. The molecule has 0 aliphatic rings. The molecule has 0 atom stereocenters. The first-order chi connectivity index (χ1) is 10.3. The van der Waals surface area contributed by atoms with Gasteiger partial charge in [0.05, 0.1) is 25.2 Å². The van der Waals surface area contributed by atoms with Crippen molar-refractivity contribution >= 4 is 11.0 Å². The number of hydrogen-bond acceptors (Lipinski definition) is 4. The maximum atomic E-state index is 12.5. The molecule has 0 aliphatic carbocycles. The van der Waals surface area contributed by atoms with Crippen LogP contribution in [0.3, 0.4) is 0 Å². The molecule has 0 spiro atoms. The van der Waals surface area contributed by atoms with Gasteiger partial charge in [0.25, 0.3) is 0 Å². The van der Waals surface area contributed by atoms with Crippen LogP contribution in [0.25, 0.3) is 22.3 Å². The molecule has 1 aromatic heterocycles. The molecule has 0 unspecified atom stereocenters. The smallest absolute Gasteiger partial charge is 0.235 e. The summed E-state index contributed by atoms with van der Waals surface area (Å²) in [6, 6.07) is 14.4. The second-order valence-electron chi connectivity index (χ2n) is 4.49. The summed E-state index contributed by atoms with van der Waals surface area (Å²) in [4.78, 5) is 12.5. The lowest BCUT2D eigenvalue weighted by atomic mass is 10.1. The molecule has 0 radical (unpaired) electrons. The van der Waals surface area contributed by atoms with E-state index in [0.717, 1.165) is 0 Å². The first-order valence-electron chi connectivity index (χ1n) is 6.49. The normalized spacial score (nSPS) is 10.6. The number of methoxy groups -OCH3 is 2. The predicted molar refractivity (Wildman–Crippen MR) is 81.0 cm³/mol. The van der Waals surface area contributed by atoms with E-state index in [1.54, 1.807) is 25.3 Å². The third-order valence-electron chi connectivity index (χ3n) is 3.31. The summed E-state index contributed by atoms with van der Waals surface area (Å²) in [6.07, 6.45) is 0. The van der Waals surface area contributed by atoms with E-state index in [2.05, 4.69) is 0 Å². The molecule has 0 amide bonds. The highest BCUT2D eigenvalue weighted by Gasteiger charge is 2.19. The lowest BCUT2D eigenvalue weighted by Gasteiger charge is -2.11. The van der Waals surface area contributed by atoms with Crippen LogP contribution in [-0.4, -0.2) is 14.2 Å². The SMILES string of the molecule is COc1ccccc1-c1oc2ccccc2c(=O)c1OC. The van der Waals surface area contributed by atoms with Crippen molar-refractivity contribution in [2.24, 2.45) is 0 Å². The van der Waals surface area contributed by atoms with Crippen LogP contribution in [0.15, 0.2) is 57.7 Å². The second kappa shape index (κ2) is 5.32. The van der Waals surface area contributed by atoms with Gasteiger partial charge in [0, 0.05) is 0 Å². The van der Waals surface area contributed by atoms with Crippen molar-refractivity contribution in [3.8, 4) is 22.8 Å². The fraction of sp³-hybridized carbons (Fsp3) is 0.118. The maximum Gasteiger partial charge on any atom is 0.235 e. The minimum atomic E-state index is -0.194. The fourth-order valence-electron chi connectivity index (χ4n) is 2.32. The summed E-state index contributed by atoms with van der Waals surface area (Å²) < 4.78 is 16.5. The van der Waals surface area contributed by atoms with E-state index in [-0.39, 0.29) is 11.2 Å². The van der Waals surface area contributed by atoms with Crippen LogP contribution in [-0.2, 0) is 0 Å². The number of rotatable bonds is 3. The standard InChI is InChI=1S/C17H14O4/c1-19-13-9-5-4-8-12(13)16-17(20-2)15(18)11-7-3-6-10-14(11)21-16/h3-10H,1-2H3. The van der Waals surface area contributed by atoms with Gasteiger partial charge in [0.2, 0.25) is 11.2 Å². The van der Waals surface area contributed by atoms with E-state index in [4.69, 9.17) is 13.9 Å². The average molecular weight is 282 g/mol. The Hall–Kier alpha value is -2.75. The molecule has 0 aliphatic heterocycles. The third kappa shape index (κ3) is 2.14. The van der Waals surface area contributed by atoms with Crippen LogP contribution in [0.2, 0.25) is 0 Å². The molecule has 0 fully saturated rings. The van der Waals surface area contributed by atoms with E-state index in [0.29, 0.717) is 28.0 Å². The van der Waals surface area contributed by atoms with Crippen molar-refractivity contribution in [2.75, 3.05) is 14.2 Å². The highest BCUT2D eigenvalue weighted by Crippen LogP contribution is 2.36. The van der Waals surface area contributed by atoms with Gasteiger partial charge in [-0.05, 0) is 24.3 Å². The van der Waals surface area contributed by atoms with Gasteiger partial charge in [-0.25, -0.2) is 0 Å². The van der Waals surface area contributed by atoms with Gasteiger partial charge in [0.15, 0.2) is 5.76 Å². The first kappa shape index (κ1) is 13.2. The Labute approximate surface area is 121 Å². The zero-order valence-electron chi connectivity index (χ0n) is 11.8. The molecule has 0 N–H and O–H groups in total. The minimum absolute atomic E-state index is 0.179. The first-order valence-corrected chi connectivity index (χ1v) is 6.49. The van der Waals surface area contributed by atoms with Gasteiger partial charge in [-0.2, -0.15) is 0 Å². The van der Waals surface area contributed by atoms with Gasteiger partial charge in [0.1, 0.15) is 11.3 Å². The zero-order chi connectivity index (χ0) is 14.8. The van der Waals surface area contributed by atoms with Crippen molar-refractivity contribution < 1.29 is 13.9 Å². The summed E-state index contributed by atoms with van der Waals surface area (Å²) in [5.41, 5.74) is 1.00. The van der Waals surface area contributed by atoms with Crippen molar-refractivity contribution in [3.63, 3.8) is 0 Å².